The van der Waals surface area contributed by atoms with Crippen molar-refractivity contribution in [1.29, 1.82) is 0 Å². The van der Waals surface area contributed by atoms with Crippen LogP contribution in [0.5, 0.6) is 0 Å². The highest BCUT2D eigenvalue weighted by Crippen LogP contribution is 2.18. The maximum absolute atomic E-state index is 12.3. The van der Waals surface area contributed by atoms with Gasteiger partial charge in [-0.3, -0.25) is 13.9 Å². The van der Waals surface area contributed by atoms with Crippen LogP contribution in [-0.4, -0.2) is 56.4 Å². The first-order chi connectivity index (χ1) is 12.9. The fraction of sp³-hybridized carbons (Fsp3) is 0.389. The van der Waals surface area contributed by atoms with Crippen molar-refractivity contribution in [2.75, 3.05) is 32.5 Å². The SMILES string of the molecule is CN(C)CCCNc1ccc(-c2nnc3c(n2)c(=O)n(C)c(=O)n3C)cc1. The van der Waals surface area contributed by atoms with E-state index in [1.165, 1.54) is 18.7 Å². The number of nitrogens with zero attached hydrogens (tertiary/aromatic N) is 6. The second kappa shape index (κ2) is 7.67. The van der Waals surface area contributed by atoms with Gasteiger partial charge in [0, 0.05) is 31.9 Å². The molecule has 0 unspecified atom stereocenters. The number of hydrogen-bond donors (Lipinski definition) is 1. The third-order valence-corrected chi connectivity index (χ3v) is 4.32. The molecule has 0 bridgehead atoms. The molecule has 3 aromatic rings. The van der Waals surface area contributed by atoms with Gasteiger partial charge in [0.25, 0.3) is 5.56 Å². The smallest absolute Gasteiger partial charge is 0.332 e. The van der Waals surface area contributed by atoms with E-state index >= 15 is 0 Å². The van der Waals surface area contributed by atoms with E-state index in [-0.39, 0.29) is 11.2 Å². The lowest BCUT2D eigenvalue weighted by atomic mass is 10.2. The molecule has 2 heterocycles. The normalized spacial score (nSPS) is 11.3. The molecule has 0 spiro atoms. The Hall–Kier alpha value is -3.07. The van der Waals surface area contributed by atoms with E-state index in [1.54, 1.807) is 0 Å². The van der Waals surface area contributed by atoms with Crippen LogP contribution < -0.4 is 16.6 Å². The van der Waals surface area contributed by atoms with E-state index in [0.717, 1.165) is 35.3 Å². The maximum atomic E-state index is 12.3. The molecule has 0 aliphatic carbocycles. The standard InChI is InChI=1S/C18H23N7O2/c1-23(2)11-5-10-19-13-8-6-12(7-9-13)15-20-14-16(22-21-15)24(3)18(27)25(4)17(14)26/h6-9,19H,5,10-11H2,1-4H3. The van der Waals surface area contributed by atoms with Crippen molar-refractivity contribution >= 4 is 16.9 Å². The second-order valence-corrected chi connectivity index (χ2v) is 6.67. The molecule has 0 saturated carbocycles. The molecule has 9 nitrogen and oxygen atoms in total. The summed E-state index contributed by atoms with van der Waals surface area (Å²) in [4.78, 5) is 30.8. The van der Waals surface area contributed by atoms with Gasteiger partial charge in [0.2, 0.25) is 0 Å². The van der Waals surface area contributed by atoms with Gasteiger partial charge in [-0.1, -0.05) is 0 Å². The highest BCUT2D eigenvalue weighted by Gasteiger charge is 2.13. The molecule has 0 aliphatic rings. The van der Waals surface area contributed by atoms with Crippen LogP contribution in [0.2, 0.25) is 0 Å². The van der Waals surface area contributed by atoms with Crippen molar-refractivity contribution in [2.24, 2.45) is 14.1 Å². The zero-order valence-electron chi connectivity index (χ0n) is 15.9. The van der Waals surface area contributed by atoms with E-state index in [9.17, 15) is 9.59 Å². The first kappa shape index (κ1) is 18.7. The first-order valence-electron chi connectivity index (χ1n) is 8.68. The number of rotatable bonds is 6. The minimum absolute atomic E-state index is 0.121. The van der Waals surface area contributed by atoms with Crippen LogP contribution in [-0.2, 0) is 14.1 Å². The van der Waals surface area contributed by atoms with Gasteiger partial charge in [-0.15, -0.1) is 10.2 Å². The molecule has 0 atom stereocenters. The molecule has 0 amide bonds. The second-order valence-electron chi connectivity index (χ2n) is 6.67. The molecule has 142 valence electrons. The van der Waals surface area contributed by atoms with Crippen molar-refractivity contribution in [3.8, 4) is 11.4 Å². The largest absolute Gasteiger partial charge is 0.385 e. The van der Waals surface area contributed by atoms with Crippen LogP contribution >= 0.6 is 0 Å². The topological polar surface area (TPSA) is 97.9 Å². The summed E-state index contributed by atoms with van der Waals surface area (Å²) < 4.78 is 2.28. The van der Waals surface area contributed by atoms with Crippen LogP contribution in [0.4, 0.5) is 5.69 Å². The lowest BCUT2D eigenvalue weighted by molar-refractivity contribution is 0.405. The minimum Gasteiger partial charge on any atom is -0.385 e. The summed E-state index contributed by atoms with van der Waals surface area (Å²) in [6.07, 6.45) is 1.05. The van der Waals surface area contributed by atoms with Crippen molar-refractivity contribution in [2.45, 2.75) is 6.42 Å². The monoisotopic (exact) mass is 369 g/mol. The molecule has 0 radical (unpaired) electrons. The van der Waals surface area contributed by atoms with Gasteiger partial charge < -0.3 is 10.2 Å². The zero-order valence-corrected chi connectivity index (χ0v) is 15.9. The summed E-state index contributed by atoms with van der Waals surface area (Å²) in [6, 6.07) is 7.64. The number of aromatic nitrogens is 5. The van der Waals surface area contributed by atoms with Crippen molar-refractivity contribution in [1.82, 2.24) is 29.2 Å². The predicted molar refractivity (Wildman–Crippen MR) is 105 cm³/mol. The van der Waals surface area contributed by atoms with Gasteiger partial charge in [0.15, 0.2) is 17.0 Å². The molecule has 0 saturated heterocycles. The molecule has 1 aromatic carbocycles. The summed E-state index contributed by atoms with van der Waals surface area (Å²) in [5.74, 6) is 0.345. The summed E-state index contributed by atoms with van der Waals surface area (Å²) >= 11 is 0. The molecule has 0 aliphatic heterocycles. The summed E-state index contributed by atoms with van der Waals surface area (Å²) in [5.41, 5.74) is 1.11. The van der Waals surface area contributed by atoms with Crippen molar-refractivity contribution < 1.29 is 0 Å². The van der Waals surface area contributed by atoms with Gasteiger partial charge in [-0.25, -0.2) is 9.78 Å². The zero-order chi connectivity index (χ0) is 19.6. The maximum Gasteiger partial charge on any atom is 0.332 e. The van der Waals surface area contributed by atoms with Crippen molar-refractivity contribution in [3.05, 3.63) is 45.1 Å². The fourth-order valence-electron chi connectivity index (χ4n) is 2.74. The molecule has 3 rings (SSSR count). The Morgan fingerprint density at radius 1 is 1.04 bits per heavy atom. The molecule has 9 heteroatoms. The van der Waals surface area contributed by atoms with Crippen molar-refractivity contribution in [3.63, 3.8) is 0 Å². The average Bonchev–Trinajstić information content (AvgIpc) is 2.68. The van der Waals surface area contributed by atoms with E-state index in [1.807, 2.05) is 24.3 Å². The molecule has 0 fully saturated rings. The Bertz CT molecular complexity index is 1070. The van der Waals surface area contributed by atoms with Crippen LogP contribution in [0.3, 0.4) is 0 Å². The van der Waals surface area contributed by atoms with Gasteiger partial charge in [-0.05, 0) is 51.3 Å². The number of aryl methyl sites for hydroxylation is 1. The Morgan fingerprint density at radius 3 is 2.41 bits per heavy atom. The van der Waals surface area contributed by atoms with E-state index in [4.69, 9.17) is 0 Å². The van der Waals surface area contributed by atoms with E-state index in [2.05, 4.69) is 39.5 Å². The molecular formula is C18H23N7O2. The molecule has 2 aromatic heterocycles. The Labute approximate surface area is 156 Å². The summed E-state index contributed by atoms with van der Waals surface area (Å²) in [7, 11) is 7.06. The summed E-state index contributed by atoms with van der Waals surface area (Å²) in [5, 5.41) is 11.5. The first-order valence-corrected chi connectivity index (χ1v) is 8.68. The minimum atomic E-state index is -0.483. The van der Waals surface area contributed by atoms with Crippen LogP contribution in [0.25, 0.3) is 22.6 Å². The molecule has 1 N–H and O–H groups in total. The van der Waals surface area contributed by atoms with Crippen LogP contribution in [0, 0.1) is 0 Å². The highest BCUT2D eigenvalue weighted by atomic mass is 16.2. The lowest BCUT2D eigenvalue weighted by Gasteiger charge is -2.11. The highest BCUT2D eigenvalue weighted by molar-refractivity contribution is 5.71. The third kappa shape index (κ3) is 3.87. The average molecular weight is 369 g/mol. The molecule has 27 heavy (non-hydrogen) atoms. The van der Waals surface area contributed by atoms with E-state index in [0.29, 0.717) is 5.82 Å². The van der Waals surface area contributed by atoms with Crippen LogP contribution in [0.1, 0.15) is 6.42 Å². The number of fused-ring (bicyclic) bond motifs is 1. The van der Waals surface area contributed by atoms with Gasteiger partial charge in [0.05, 0.1) is 0 Å². The predicted octanol–water partition coefficient (Wildman–Crippen LogP) is 0.453. The Balaban J connectivity index is 1.85. The number of anilines is 1. The van der Waals surface area contributed by atoms with Gasteiger partial charge in [-0.2, -0.15) is 0 Å². The number of nitrogens with one attached hydrogen (secondary N) is 1. The Morgan fingerprint density at radius 2 is 1.74 bits per heavy atom. The fourth-order valence-corrected chi connectivity index (χ4v) is 2.74. The third-order valence-electron chi connectivity index (χ3n) is 4.32. The van der Waals surface area contributed by atoms with Gasteiger partial charge in [0.1, 0.15) is 0 Å². The summed E-state index contributed by atoms with van der Waals surface area (Å²) in [6.45, 7) is 1.91. The van der Waals surface area contributed by atoms with Crippen LogP contribution in [0.15, 0.2) is 33.9 Å². The van der Waals surface area contributed by atoms with E-state index < -0.39 is 11.2 Å². The molecular weight excluding hydrogens is 346 g/mol. The number of hydrogen-bond acceptors (Lipinski definition) is 7. The Kier molecular flexibility index (Phi) is 5.31. The van der Waals surface area contributed by atoms with Gasteiger partial charge >= 0.3 is 5.69 Å². The lowest BCUT2D eigenvalue weighted by Crippen LogP contribution is -2.38. The quantitative estimate of drug-likeness (QED) is 0.630. The number of benzene rings is 1.